The number of pyridine rings is 1. The minimum Gasteiger partial charge on any atom is -0.487 e. The average molecular weight is 468 g/mol. The van der Waals surface area contributed by atoms with E-state index in [1.807, 2.05) is 6.07 Å². The molecule has 0 radical (unpaired) electrons. The Hall–Kier alpha value is -3.09. The van der Waals surface area contributed by atoms with Crippen molar-refractivity contribution in [3.8, 4) is 11.8 Å². The molecule has 4 rings (SSSR count). The van der Waals surface area contributed by atoms with Gasteiger partial charge in [-0.3, -0.25) is 9.69 Å². The van der Waals surface area contributed by atoms with Gasteiger partial charge in [-0.15, -0.1) is 0 Å². The number of hydrogen-bond acceptors (Lipinski definition) is 6. The van der Waals surface area contributed by atoms with Gasteiger partial charge in [-0.2, -0.15) is 5.26 Å². The van der Waals surface area contributed by atoms with Crippen LogP contribution < -0.4 is 14.5 Å². The van der Waals surface area contributed by atoms with Crippen molar-refractivity contribution in [2.45, 2.75) is 38.7 Å². The second-order valence-corrected chi connectivity index (χ2v) is 8.84. The molecule has 2 aromatic rings. The highest BCUT2D eigenvalue weighted by Crippen LogP contribution is 2.30. The van der Waals surface area contributed by atoms with Crippen molar-refractivity contribution >= 4 is 34.6 Å². The van der Waals surface area contributed by atoms with Crippen LogP contribution in [0, 0.1) is 24.1 Å². The number of hydrogen-bond donors (Lipinski definition) is 0. The largest absolute Gasteiger partial charge is 0.487 e. The Labute approximate surface area is 198 Å². The lowest BCUT2D eigenvalue weighted by molar-refractivity contribution is -0.117. The highest BCUT2D eigenvalue weighted by molar-refractivity contribution is 7.81. The number of aromatic nitrogens is 1. The van der Waals surface area contributed by atoms with E-state index in [0.29, 0.717) is 42.0 Å². The molecule has 2 aliphatic heterocycles. The molecule has 3 heterocycles. The van der Waals surface area contributed by atoms with Crippen LogP contribution in [0.4, 0.5) is 15.8 Å². The highest BCUT2D eigenvalue weighted by Gasteiger charge is 2.30. The third-order valence-corrected chi connectivity index (χ3v) is 6.46. The lowest BCUT2D eigenvalue weighted by atomic mass is 10.1. The van der Waals surface area contributed by atoms with Crippen molar-refractivity contribution in [1.29, 1.82) is 5.26 Å². The van der Waals surface area contributed by atoms with E-state index in [1.165, 1.54) is 17.2 Å². The number of ether oxygens (including phenoxy) is 1. The number of thiocarbonyl (C=S) groups is 1. The molecule has 0 saturated carbocycles. The number of rotatable bonds is 4. The molecule has 1 aromatic carbocycles. The van der Waals surface area contributed by atoms with Gasteiger partial charge in [0, 0.05) is 37.8 Å². The number of benzene rings is 1. The summed E-state index contributed by atoms with van der Waals surface area (Å²) in [6.45, 7) is 4.11. The molecule has 7 nitrogen and oxygen atoms in total. The minimum absolute atomic E-state index is 0.000970. The van der Waals surface area contributed by atoms with Crippen molar-refractivity contribution in [2.24, 2.45) is 0 Å². The molecule has 1 amide bonds. The summed E-state index contributed by atoms with van der Waals surface area (Å²) in [4.78, 5) is 22.4. The first-order chi connectivity index (χ1) is 15.9. The second-order valence-electron chi connectivity index (χ2n) is 8.47. The fraction of sp³-hybridized carbons (Fsp3) is 0.417. The predicted octanol–water partition coefficient (Wildman–Crippen LogP) is 3.79. The van der Waals surface area contributed by atoms with Gasteiger partial charge in [0.05, 0.1) is 11.9 Å². The van der Waals surface area contributed by atoms with Crippen LogP contribution in [0.1, 0.15) is 36.9 Å². The Bertz CT molecular complexity index is 1110. The lowest BCUT2D eigenvalue weighted by Crippen LogP contribution is -2.44. The summed E-state index contributed by atoms with van der Waals surface area (Å²) in [5.74, 6) is -0.378. The van der Waals surface area contributed by atoms with E-state index in [4.69, 9.17) is 22.2 Å². The number of anilines is 2. The normalized spacial score (nSPS) is 18.2. The molecule has 0 N–H and O–H groups in total. The van der Waals surface area contributed by atoms with E-state index < -0.39 is 5.82 Å². The summed E-state index contributed by atoms with van der Waals surface area (Å²) in [6.07, 6.45) is 4.08. The van der Waals surface area contributed by atoms with Crippen LogP contribution in [0.25, 0.3) is 0 Å². The summed E-state index contributed by atoms with van der Waals surface area (Å²) in [5.41, 5.74) is 2.01. The zero-order valence-corrected chi connectivity index (χ0v) is 19.6. The van der Waals surface area contributed by atoms with Gasteiger partial charge in [-0.05, 0) is 69.2 Å². The summed E-state index contributed by atoms with van der Waals surface area (Å²) in [6, 6.07) is 8.56. The molecule has 0 atom stereocenters. The molecule has 33 heavy (non-hydrogen) atoms. The van der Waals surface area contributed by atoms with Crippen LogP contribution in [-0.2, 0) is 4.79 Å². The van der Waals surface area contributed by atoms with Gasteiger partial charge in [-0.25, -0.2) is 9.37 Å². The molecule has 0 spiro atoms. The van der Waals surface area contributed by atoms with Gasteiger partial charge in [0.1, 0.15) is 17.9 Å². The van der Waals surface area contributed by atoms with Crippen LogP contribution in [-0.4, -0.2) is 53.7 Å². The first-order valence-electron chi connectivity index (χ1n) is 11.0. The van der Waals surface area contributed by atoms with Crippen LogP contribution in [0.2, 0.25) is 0 Å². The first-order valence-corrected chi connectivity index (χ1v) is 11.4. The molecule has 1 aromatic heterocycles. The van der Waals surface area contributed by atoms with E-state index in [2.05, 4.69) is 16.9 Å². The molecule has 2 fully saturated rings. The monoisotopic (exact) mass is 467 g/mol. The Morgan fingerprint density at radius 2 is 1.97 bits per heavy atom. The van der Waals surface area contributed by atoms with E-state index in [9.17, 15) is 9.18 Å². The zero-order valence-electron chi connectivity index (χ0n) is 18.8. The van der Waals surface area contributed by atoms with Gasteiger partial charge in [-0.1, -0.05) is 0 Å². The summed E-state index contributed by atoms with van der Waals surface area (Å²) >= 11 is 5.68. The summed E-state index contributed by atoms with van der Waals surface area (Å²) in [5, 5.41) is 9.40. The molecule has 0 bridgehead atoms. The number of carbonyl (C=O) groups is 1. The smallest absolute Gasteiger partial charge is 0.233 e. The number of likely N-dealkylation sites (tertiary alicyclic amines) is 1. The van der Waals surface area contributed by atoms with E-state index >= 15 is 0 Å². The van der Waals surface area contributed by atoms with Crippen LogP contribution in [0.3, 0.4) is 0 Å². The number of carbonyl (C=O) groups excluding carboxylic acids is 1. The topological polar surface area (TPSA) is 72.7 Å². The third-order valence-electron chi connectivity index (χ3n) is 6.06. The molecule has 0 aliphatic carbocycles. The second kappa shape index (κ2) is 9.81. The fourth-order valence-corrected chi connectivity index (χ4v) is 4.56. The maximum absolute atomic E-state index is 15.0. The van der Waals surface area contributed by atoms with E-state index in [-0.39, 0.29) is 22.9 Å². The average Bonchev–Trinajstić information content (AvgIpc) is 2.94. The maximum atomic E-state index is 15.0. The lowest BCUT2D eigenvalue weighted by Gasteiger charge is -2.31. The summed E-state index contributed by atoms with van der Waals surface area (Å²) < 4.78 is 20.9. The number of nitriles is 1. The van der Waals surface area contributed by atoms with E-state index in [1.54, 1.807) is 30.0 Å². The Balaban J connectivity index is 1.57. The fourth-order valence-electron chi connectivity index (χ4n) is 4.15. The van der Waals surface area contributed by atoms with Crippen LogP contribution in [0.5, 0.6) is 5.75 Å². The number of halogens is 1. The van der Waals surface area contributed by atoms with Crippen LogP contribution in [0.15, 0.2) is 30.5 Å². The van der Waals surface area contributed by atoms with Gasteiger partial charge in [0.2, 0.25) is 5.91 Å². The number of piperidine rings is 1. The third kappa shape index (κ3) is 4.97. The molecular formula is C24H26FN5O2S. The van der Waals surface area contributed by atoms with E-state index in [0.717, 1.165) is 25.9 Å². The minimum atomic E-state index is -0.452. The molecular weight excluding hydrogens is 441 g/mol. The standard InChI is InChI=1S/C24H26FN5O2S/c1-16-12-18(15-27-21(16)14-26)30-23(31)4-3-9-29(24(30)33)17-5-6-22(20(25)13-17)32-19-7-10-28(2)11-8-19/h5-6,12-13,15,19H,3-4,7-11H2,1-2H3. The number of amides is 1. The SMILES string of the molecule is Cc1cc(N2C(=O)CCCN(c3ccc(OC4CCN(C)CC4)c(F)c3)C2=S)cnc1C#N. The van der Waals surface area contributed by atoms with Crippen molar-refractivity contribution < 1.29 is 13.9 Å². The van der Waals surface area contributed by atoms with Crippen LogP contribution >= 0.6 is 12.2 Å². The van der Waals surface area contributed by atoms with Crippen molar-refractivity contribution in [3.05, 3.63) is 47.5 Å². The predicted molar refractivity (Wildman–Crippen MR) is 128 cm³/mol. The van der Waals surface area contributed by atoms with Gasteiger partial charge >= 0.3 is 0 Å². The zero-order chi connectivity index (χ0) is 23.5. The molecule has 2 aliphatic rings. The van der Waals surface area contributed by atoms with Gasteiger partial charge in [0.15, 0.2) is 16.7 Å². The number of aryl methyl sites for hydroxylation is 1. The Kier molecular flexibility index (Phi) is 6.86. The van der Waals surface area contributed by atoms with Crippen molar-refractivity contribution in [2.75, 3.05) is 36.5 Å². The molecule has 172 valence electrons. The van der Waals surface area contributed by atoms with Gasteiger partial charge in [0.25, 0.3) is 0 Å². The maximum Gasteiger partial charge on any atom is 0.233 e. The first kappa shape index (κ1) is 23.1. The van der Waals surface area contributed by atoms with Gasteiger partial charge < -0.3 is 14.5 Å². The quantitative estimate of drug-likeness (QED) is 0.634. The van der Waals surface area contributed by atoms with Crippen molar-refractivity contribution in [1.82, 2.24) is 9.88 Å². The Morgan fingerprint density at radius 3 is 2.64 bits per heavy atom. The van der Waals surface area contributed by atoms with Crippen molar-refractivity contribution in [3.63, 3.8) is 0 Å². The molecule has 0 unspecified atom stereocenters. The number of nitrogens with zero attached hydrogens (tertiary/aromatic N) is 5. The Morgan fingerprint density at radius 1 is 1.21 bits per heavy atom. The molecule has 9 heteroatoms. The molecule has 2 saturated heterocycles. The highest BCUT2D eigenvalue weighted by atomic mass is 32.1. The summed E-state index contributed by atoms with van der Waals surface area (Å²) in [7, 11) is 2.07.